The summed E-state index contributed by atoms with van der Waals surface area (Å²) in [5, 5.41) is 0. The zero-order valence-corrected chi connectivity index (χ0v) is 11.8. The Hall–Kier alpha value is -0.720. The molecular formula is C13H18F3NOS. The maximum atomic E-state index is 13.0. The van der Waals surface area contributed by atoms with Gasteiger partial charge in [-0.3, -0.25) is 0 Å². The van der Waals surface area contributed by atoms with E-state index in [2.05, 4.69) is 0 Å². The van der Waals surface area contributed by atoms with Crippen molar-refractivity contribution in [3.63, 3.8) is 0 Å². The molecule has 0 saturated carbocycles. The second-order valence-corrected chi connectivity index (χ2v) is 5.51. The topological polar surface area (TPSA) is 35.2 Å². The van der Waals surface area contributed by atoms with Gasteiger partial charge in [0.05, 0.1) is 12.2 Å². The zero-order chi connectivity index (χ0) is 14.5. The molecule has 19 heavy (non-hydrogen) atoms. The molecule has 1 atom stereocenters. The smallest absolute Gasteiger partial charge is 0.384 e. The van der Waals surface area contributed by atoms with E-state index in [-0.39, 0.29) is 18.0 Å². The lowest BCUT2D eigenvalue weighted by atomic mass is 10.0. The summed E-state index contributed by atoms with van der Waals surface area (Å²) in [6, 6.07) is 4.11. The molecule has 0 aromatic heterocycles. The molecule has 6 heteroatoms. The van der Waals surface area contributed by atoms with Crippen LogP contribution < -0.4 is 5.73 Å². The zero-order valence-electron chi connectivity index (χ0n) is 11.0. The number of ether oxygens (including phenoxy) is 1. The summed E-state index contributed by atoms with van der Waals surface area (Å²) in [4.78, 5) is 0.595. The van der Waals surface area contributed by atoms with Crippen molar-refractivity contribution in [3.05, 3.63) is 29.3 Å². The normalized spacial score (nSPS) is 13.6. The molecule has 1 unspecified atom stereocenters. The minimum Gasteiger partial charge on any atom is -0.384 e. The number of nitrogens with two attached hydrogens (primary N) is 1. The molecule has 0 radical (unpaired) electrons. The number of halogens is 3. The van der Waals surface area contributed by atoms with Gasteiger partial charge in [0.25, 0.3) is 0 Å². The molecule has 0 aliphatic heterocycles. The van der Waals surface area contributed by atoms with Crippen LogP contribution in [0.1, 0.15) is 18.1 Å². The number of alkyl halides is 3. The number of thioether (sulfide) groups is 1. The standard InChI is InChI=1S/C13H18F3NOS/c1-9(17)7-10-3-4-11(19-6-5-18-2)8-12(10)13(14,15)16/h3-4,8-9H,5-7,17H2,1-2H3. The summed E-state index contributed by atoms with van der Waals surface area (Å²) >= 11 is 1.35. The first kappa shape index (κ1) is 16.3. The number of hydrogen-bond acceptors (Lipinski definition) is 3. The first-order chi connectivity index (χ1) is 8.84. The summed E-state index contributed by atoms with van der Waals surface area (Å²) in [7, 11) is 1.56. The molecule has 1 aromatic carbocycles. The quantitative estimate of drug-likeness (QED) is 0.645. The van der Waals surface area contributed by atoms with Crippen molar-refractivity contribution in [2.75, 3.05) is 19.5 Å². The predicted molar refractivity (Wildman–Crippen MR) is 71.4 cm³/mol. The average Bonchev–Trinajstić information content (AvgIpc) is 2.29. The minimum absolute atomic E-state index is 0.220. The molecule has 2 nitrogen and oxygen atoms in total. The van der Waals surface area contributed by atoms with Gasteiger partial charge in [-0.25, -0.2) is 0 Å². The van der Waals surface area contributed by atoms with Crippen LogP contribution in [0.3, 0.4) is 0 Å². The number of benzene rings is 1. The largest absolute Gasteiger partial charge is 0.416 e. The Morgan fingerprint density at radius 3 is 2.58 bits per heavy atom. The van der Waals surface area contributed by atoms with Crippen LogP contribution in [0.5, 0.6) is 0 Å². The van der Waals surface area contributed by atoms with Crippen molar-refractivity contribution in [3.8, 4) is 0 Å². The third-order valence-electron chi connectivity index (χ3n) is 2.48. The lowest BCUT2D eigenvalue weighted by molar-refractivity contribution is -0.138. The molecule has 0 bridgehead atoms. The second-order valence-electron chi connectivity index (χ2n) is 4.34. The molecular weight excluding hydrogens is 275 g/mol. The lowest BCUT2D eigenvalue weighted by Gasteiger charge is -2.15. The highest BCUT2D eigenvalue weighted by Gasteiger charge is 2.33. The Bertz CT molecular complexity index is 407. The van der Waals surface area contributed by atoms with Crippen LogP contribution in [-0.2, 0) is 17.3 Å². The Kier molecular flexibility index (Phi) is 6.16. The Morgan fingerprint density at radius 2 is 2.05 bits per heavy atom. The van der Waals surface area contributed by atoms with Crippen molar-refractivity contribution < 1.29 is 17.9 Å². The molecule has 0 fully saturated rings. The fourth-order valence-corrected chi connectivity index (χ4v) is 2.53. The SMILES string of the molecule is COCCSc1ccc(CC(C)N)c(C(F)(F)F)c1. The molecule has 0 heterocycles. The summed E-state index contributed by atoms with van der Waals surface area (Å²) in [5.41, 5.74) is 5.24. The summed E-state index contributed by atoms with van der Waals surface area (Å²) < 4.78 is 43.9. The monoisotopic (exact) mass is 293 g/mol. The average molecular weight is 293 g/mol. The maximum Gasteiger partial charge on any atom is 0.416 e. The fourth-order valence-electron chi connectivity index (χ4n) is 1.68. The van der Waals surface area contributed by atoms with E-state index in [0.717, 1.165) is 0 Å². The molecule has 0 aliphatic carbocycles. The van der Waals surface area contributed by atoms with E-state index in [1.807, 2.05) is 0 Å². The van der Waals surface area contributed by atoms with Crippen molar-refractivity contribution in [2.45, 2.75) is 30.5 Å². The van der Waals surface area contributed by atoms with Crippen molar-refractivity contribution in [2.24, 2.45) is 5.73 Å². The molecule has 0 aliphatic rings. The number of rotatable bonds is 6. The van der Waals surface area contributed by atoms with Gasteiger partial charge in [-0.2, -0.15) is 13.2 Å². The molecule has 0 saturated heterocycles. The first-order valence-electron chi connectivity index (χ1n) is 5.92. The van der Waals surface area contributed by atoms with E-state index in [0.29, 0.717) is 17.3 Å². The Balaban J connectivity index is 2.95. The van der Waals surface area contributed by atoms with Crippen molar-refractivity contribution in [1.29, 1.82) is 0 Å². The lowest BCUT2D eigenvalue weighted by Crippen LogP contribution is -2.20. The van der Waals surface area contributed by atoms with Gasteiger partial charge in [-0.1, -0.05) is 6.07 Å². The maximum absolute atomic E-state index is 13.0. The number of methoxy groups -OCH3 is 1. The first-order valence-corrected chi connectivity index (χ1v) is 6.90. The second kappa shape index (κ2) is 7.17. The van der Waals surface area contributed by atoms with Crippen LogP contribution in [0.2, 0.25) is 0 Å². The van der Waals surface area contributed by atoms with Crippen molar-refractivity contribution in [1.82, 2.24) is 0 Å². The van der Waals surface area contributed by atoms with Gasteiger partial charge >= 0.3 is 6.18 Å². The van der Waals surface area contributed by atoms with E-state index in [4.69, 9.17) is 10.5 Å². The highest BCUT2D eigenvalue weighted by Crippen LogP contribution is 2.35. The van der Waals surface area contributed by atoms with Gasteiger partial charge in [0.2, 0.25) is 0 Å². The van der Waals surface area contributed by atoms with E-state index in [9.17, 15) is 13.2 Å². The van der Waals surface area contributed by atoms with Gasteiger partial charge in [0, 0.05) is 23.8 Å². The molecule has 0 amide bonds. The van der Waals surface area contributed by atoms with Crippen LogP contribution in [-0.4, -0.2) is 25.5 Å². The van der Waals surface area contributed by atoms with E-state index >= 15 is 0 Å². The highest BCUT2D eigenvalue weighted by atomic mass is 32.2. The van der Waals surface area contributed by atoms with Crippen molar-refractivity contribution >= 4 is 11.8 Å². The fraction of sp³-hybridized carbons (Fsp3) is 0.538. The summed E-state index contributed by atoms with van der Waals surface area (Å²) in [6.45, 7) is 2.20. The van der Waals surface area contributed by atoms with Crippen LogP contribution >= 0.6 is 11.8 Å². The van der Waals surface area contributed by atoms with Crippen LogP contribution in [0, 0.1) is 0 Å². The molecule has 108 valence electrons. The van der Waals surface area contributed by atoms with E-state index in [1.54, 1.807) is 20.1 Å². The van der Waals surface area contributed by atoms with Gasteiger partial charge in [0.1, 0.15) is 0 Å². The molecule has 1 rings (SSSR count). The van der Waals surface area contributed by atoms with Gasteiger partial charge in [-0.05, 0) is 31.0 Å². The third-order valence-corrected chi connectivity index (χ3v) is 3.44. The highest BCUT2D eigenvalue weighted by molar-refractivity contribution is 7.99. The Morgan fingerprint density at radius 1 is 1.37 bits per heavy atom. The van der Waals surface area contributed by atoms with Gasteiger partial charge in [-0.15, -0.1) is 11.8 Å². The molecule has 0 spiro atoms. The van der Waals surface area contributed by atoms with Crippen LogP contribution in [0.25, 0.3) is 0 Å². The third kappa shape index (κ3) is 5.42. The minimum atomic E-state index is -4.35. The molecule has 2 N–H and O–H groups in total. The Labute approximate surface area is 115 Å². The predicted octanol–water partition coefficient (Wildman–Crippen LogP) is 3.33. The van der Waals surface area contributed by atoms with E-state index < -0.39 is 11.7 Å². The van der Waals surface area contributed by atoms with E-state index in [1.165, 1.54) is 23.9 Å². The van der Waals surface area contributed by atoms with Crippen LogP contribution in [0.4, 0.5) is 13.2 Å². The summed E-state index contributed by atoms with van der Waals surface area (Å²) in [6.07, 6.45) is -4.13. The molecule has 1 aromatic rings. The number of hydrogen-bond donors (Lipinski definition) is 1. The summed E-state index contributed by atoms with van der Waals surface area (Å²) in [5.74, 6) is 0.625. The van der Waals surface area contributed by atoms with Crippen LogP contribution in [0.15, 0.2) is 23.1 Å². The van der Waals surface area contributed by atoms with Gasteiger partial charge in [0.15, 0.2) is 0 Å². The van der Waals surface area contributed by atoms with Gasteiger partial charge < -0.3 is 10.5 Å².